The Morgan fingerprint density at radius 3 is 2.47 bits per heavy atom. The molecular formula is C26H24N2O5S. The number of esters is 1. The molecule has 0 N–H and O–H groups in total. The van der Waals surface area contributed by atoms with Crippen molar-refractivity contribution in [2.75, 3.05) is 20.3 Å². The fourth-order valence-corrected chi connectivity index (χ4v) is 4.72. The van der Waals surface area contributed by atoms with Crippen molar-refractivity contribution >= 4 is 35.0 Å². The molecule has 34 heavy (non-hydrogen) atoms. The fraction of sp³-hybridized carbons (Fsp3) is 0.192. The van der Waals surface area contributed by atoms with Crippen LogP contribution in [-0.2, 0) is 9.53 Å². The number of carbonyl (C=O) groups is 3. The second-order valence-electron chi connectivity index (χ2n) is 7.67. The molecule has 0 spiro atoms. The molecule has 0 saturated carbocycles. The lowest BCUT2D eigenvalue weighted by Crippen LogP contribution is -2.32. The maximum absolute atomic E-state index is 12.9. The van der Waals surface area contributed by atoms with Crippen molar-refractivity contribution in [2.24, 2.45) is 0 Å². The third-order valence-corrected chi connectivity index (χ3v) is 6.41. The normalized spacial score (nSPS) is 14.7. The predicted molar refractivity (Wildman–Crippen MR) is 131 cm³/mol. The standard InChI is InChI=1S/C26H24N2O5S/c1-17-15-19(18(2)28(17)22-12-8-7-11-21(22)25(30)32-3)16-23-24(29)27(26(31)34-23)13-14-33-20-9-5-4-6-10-20/h4-12,15-16H,13-14H2,1-3H3/b23-16-. The summed E-state index contributed by atoms with van der Waals surface area (Å²) in [7, 11) is 1.35. The van der Waals surface area contributed by atoms with E-state index in [0.29, 0.717) is 21.9 Å². The molecule has 3 aromatic rings. The number of hydrogen-bond acceptors (Lipinski definition) is 6. The molecule has 0 unspecified atom stereocenters. The van der Waals surface area contributed by atoms with Gasteiger partial charge in [-0.3, -0.25) is 14.5 Å². The van der Waals surface area contributed by atoms with Gasteiger partial charge >= 0.3 is 5.97 Å². The van der Waals surface area contributed by atoms with Crippen molar-refractivity contribution in [3.8, 4) is 11.4 Å². The lowest BCUT2D eigenvalue weighted by atomic mass is 10.1. The summed E-state index contributed by atoms with van der Waals surface area (Å²) < 4.78 is 12.5. The Balaban J connectivity index is 1.56. The third-order valence-electron chi connectivity index (χ3n) is 5.51. The van der Waals surface area contributed by atoms with Crippen LogP contribution in [0, 0.1) is 13.8 Å². The molecule has 4 rings (SSSR count). The number of rotatable bonds is 7. The van der Waals surface area contributed by atoms with Crippen LogP contribution in [-0.4, -0.2) is 46.8 Å². The first-order chi connectivity index (χ1) is 16.4. The van der Waals surface area contributed by atoms with Crippen LogP contribution in [0.3, 0.4) is 0 Å². The fourth-order valence-electron chi connectivity index (χ4n) is 3.86. The number of imide groups is 1. The van der Waals surface area contributed by atoms with Crippen LogP contribution in [0.25, 0.3) is 11.8 Å². The first-order valence-corrected chi connectivity index (χ1v) is 11.5. The van der Waals surface area contributed by atoms with Crippen LogP contribution in [0.1, 0.15) is 27.3 Å². The monoisotopic (exact) mass is 476 g/mol. The molecule has 1 saturated heterocycles. The number of thioether (sulfide) groups is 1. The molecule has 0 atom stereocenters. The number of ether oxygens (including phenoxy) is 2. The number of benzene rings is 2. The number of aryl methyl sites for hydroxylation is 1. The Morgan fingerprint density at radius 1 is 1.03 bits per heavy atom. The minimum Gasteiger partial charge on any atom is -0.492 e. The van der Waals surface area contributed by atoms with Crippen molar-refractivity contribution in [2.45, 2.75) is 13.8 Å². The van der Waals surface area contributed by atoms with Gasteiger partial charge in [0, 0.05) is 11.4 Å². The van der Waals surface area contributed by atoms with Gasteiger partial charge in [0.25, 0.3) is 11.1 Å². The number of carbonyl (C=O) groups excluding carboxylic acids is 3. The zero-order valence-electron chi connectivity index (χ0n) is 19.1. The highest BCUT2D eigenvalue weighted by Gasteiger charge is 2.35. The molecule has 0 radical (unpaired) electrons. The van der Waals surface area contributed by atoms with Crippen molar-refractivity contribution in [1.29, 1.82) is 0 Å². The molecule has 7 nitrogen and oxygen atoms in total. The van der Waals surface area contributed by atoms with E-state index in [0.717, 1.165) is 28.7 Å². The maximum atomic E-state index is 12.9. The highest BCUT2D eigenvalue weighted by molar-refractivity contribution is 8.18. The Kier molecular flexibility index (Phi) is 6.88. The average Bonchev–Trinajstić information content (AvgIpc) is 3.27. The Hall–Kier alpha value is -3.78. The number of methoxy groups -OCH3 is 1. The van der Waals surface area contributed by atoms with Gasteiger partial charge < -0.3 is 14.0 Å². The second kappa shape index (κ2) is 10.0. The minimum atomic E-state index is -0.427. The van der Waals surface area contributed by atoms with Gasteiger partial charge in [-0.25, -0.2) is 4.79 Å². The molecule has 1 aliphatic rings. The molecule has 2 heterocycles. The highest BCUT2D eigenvalue weighted by atomic mass is 32.2. The molecule has 0 bridgehead atoms. The number of para-hydroxylation sites is 2. The summed E-state index contributed by atoms with van der Waals surface area (Å²) >= 11 is 0.914. The van der Waals surface area contributed by atoms with Gasteiger partial charge in [-0.2, -0.15) is 0 Å². The molecule has 0 aliphatic carbocycles. The van der Waals surface area contributed by atoms with Crippen LogP contribution in [0.15, 0.2) is 65.6 Å². The number of nitrogens with zero attached hydrogens (tertiary/aromatic N) is 2. The van der Waals surface area contributed by atoms with E-state index in [9.17, 15) is 14.4 Å². The molecular weight excluding hydrogens is 452 g/mol. The number of amides is 2. The van der Waals surface area contributed by atoms with Gasteiger partial charge in [0.15, 0.2) is 0 Å². The number of hydrogen-bond donors (Lipinski definition) is 0. The first-order valence-electron chi connectivity index (χ1n) is 10.7. The van der Waals surface area contributed by atoms with Crippen LogP contribution in [0.2, 0.25) is 0 Å². The van der Waals surface area contributed by atoms with E-state index in [2.05, 4.69) is 0 Å². The van der Waals surface area contributed by atoms with E-state index >= 15 is 0 Å². The quantitative estimate of drug-likeness (QED) is 0.353. The molecule has 8 heteroatoms. The molecule has 2 aromatic carbocycles. The van der Waals surface area contributed by atoms with Gasteiger partial charge in [0.05, 0.1) is 29.8 Å². The minimum absolute atomic E-state index is 0.169. The Morgan fingerprint density at radius 2 is 1.74 bits per heavy atom. The first kappa shape index (κ1) is 23.4. The van der Waals surface area contributed by atoms with E-state index < -0.39 is 5.97 Å². The zero-order valence-corrected chi connectivity index (χ0v) is 19.9. The summed E-state index contributed by atoms with van der Waals surface area (Å²) in [5.74, 6) is -0.0837. The average molecular weight is 477 g/mol. The molecule has 1 aromatic heterocycles. The van der Waals surface area contributed by atoms with E-state index in [1.165, 1.54) is 12.0 Å². The smallest absolute Gasteiger partial charge is 0.339 e. The van der Waals surface area contributed by atoms with E-state index in [1.807, 2.05) is 66.9 Å². The summed E-state index contributed by atoms with van der Waals surface area (Å²) in [4.78, 5) is 39.2. The van der Waals surface area contributed by atoms with Crippen LogP contribution >= 0.6 is 11.8 Å². The lowest BCUT2D eigenvalue weighted by molar-refractivity contribution is -0.123. The second-order valence-corrected chi connectivity index (χ2v) is 8.66. The Labute approximate surface area is 202 Å². The summed E-state index contributed by atoms with van der Waals surface area (Å²) in [5, 5.41) is -0.322. The third kappa shape index (κ3) is 4.63. The van der Waals surface area contributed by atoms with Crippen LogP contribution in [0.5, 0.6) is 5.75 Å². The predicted octanol–water partition coefficient (Wildman–Crippen LogP) is 5.00. The van der Waals surface area contributed by atoms with Crippen molar-refractivity contribution in [3.05, 3.63) is 88.1 Å². The number of aromatic nitrogens is 1. The van der Waals surface area contributed by atoms with Crippen molar-refractivity contribution < 1.29 is 23.9 Å². The summed E-state index contributed by atoms with van der Waals surface area (Å²) in [6.45, 7) is 4.21. The maximum Gasteiger partial charge on any atom is 0.339 e. The largest absolute Gasteiger partial charge is 0.492 e. The van der Waals surface area contributed by atoms with E-state index in [-0.39, 0.29) is 24.3 Å². The van der Waals surface area contributed by atoms with Gasteiger partial charge in [-0.15, -0.1) is 0 Å². The van der Waals surface area contributed by atoms with Crippen molar-refractivity contribution in [1.82, 2.24) is 9.47 Å². The highest BCUT2D eigenvalue weighted by Crippen LogP contribution is 2.34. The summed E-state index contributed by atoms with van der Waals surface area (Å²) in [6, 6.07) is 18.4. The van der Waals surface area contributed by atoms with Gasteiger partial charge in [0.2, 0.25) is 0 Å². The molecule has 1 fully saturated rings. The van der Waals surface area contributed by atoms with Gasteiger partial charge in [-0.1, -0.05) is 30.3 Å². The van der Waals surface area contributed by atoms with Crippen LogP contribution in [0.4, 0.5) is 4.79 Å². The SMILES string of the molecule is COC(=O)c1ccccc1-n1c(C)cc(/C=C2\SC(=O)N(CCOc3ccccc3)C2=O)c1C. The molecule has 2 amide bonds. The van der Waals surface area contributed by atoms with Crippen molar-refractivity contribution in [3.63, 3.8) is 0 Å². The van der Waals surface area contributed by atoms with Gasteiger partial charge in [-0.05, 0) is 67.6 Å². The van der Waals surface area contributed by atoms with E-state index in [1.54, 1.807) is 18.2 Å². The topological polar surface area (TPSA) is 77.8 Å². The lowest BCUT2D eigenvalue weighted by Gasteiger charge is -2.13. The summed E-state index contributed by atoms with van der Waals surface area (Å²) in [5.41, 5.74) is 3.65. The van der Waals surface area contributed by atoms with E-state index in [4.69, 9.17) is 9.47 Å². The molecule has 174 valence electrons. The van der Waals surface area contributed by atoms with Crippen LogP contribution < -0.4 is 4.74 Å². The Bertz CT molecular complexity index is 1280. The molecule has 1 aliphatic heterocycles. The zero-order chi connectivity index (χ0) is 24.2. The summed E-state index contributed by atoms with van der Waals surface area (Å²) in [6.07, 6.45) is 1.72. The van der Waals surface area contributed by atoms with Gasteiger partial charge in [0.1, 0.15) is 12.4 Å².